The highest BCUT2D eigenvalue weighted by Crippen LogP contribution is 2.26. The average molecular weight is 288 g/mol. The van der Waals surface area contributed by atoms with E-state index in [1.54, 1.807) is 12.4 Å². The lowest BCUT2D eigenvalue weighted by molar-refractivity contribution is 0.0746. The summed E-state index contributed by atoms with van der Waals surface area (Å²) < 4.78 is 0. The summed E-state index contributed by atoms with van der Waals surface area (Å²) in [6, 6.07) is 5.84. The van der Waals surface area contributed by atoms with Gasteiger partial charge in [0.1, 0.15) is 9.88 Å². The largest absolute Gasteiger partial charge is 0.334 e. The molecule has 1 atom stereocenters. The van der Waals surface area contributed by atoms with Crippen molar-refractivity contribution in [1.82, 2.24) is 14.9 Å². The van der Waals surface area contributed by atoms with E-state index in [1.165, 1.54) is 11.3 Å². The molecule has 0 bridgehead atoms. The van der Waals surface area contributed by atoms with Crippen molar-refractivity contribution in [3.8, 4) is 10.7 Å². The van der Waals surface area contributed by atoms with Gasteiger partial charge in [0.2, 0.25) is 0 Å². The molecule has 0 radical (unpaired) electrons. The van der Waals surface area contributed by atoms with E-state index < -0.39 is 0 Å². The third-order valence-electron chi connectivity index (χ3n) is 3.51. The van der Waals surface area contributed by atoms with Crippen LogP contribution in [0, 0.1) is 0 Å². The number of carbonyl (C=O) groups is 1. The molecule has 1 aliphatic heterocycles. The number of pyridine rings is 1. The molecule has 2 aromatic heterocycles. The number of nitrogens with two attached hydrogens (primary N) is 1. The highest BCUT2D eigenvalue weighted by Gasteiger charge is 2.29. The summed E-state index contributed by atoms with van der Waals surface area (Å²) in [4.78, 5) is 23.6. The number of thiazole rings is 1. The van der Waals surface area contributed by atoms with Crippen LogP contribution in [0.3, 0.4) is 0 Å². The van der Waals surface area contributed by atoms with Gasteiger partial charge in [-0.25, -0.2) is 4.98 Å². The van der Waals surface area contributed by atoms with Crippen LogP contribution in [0.25, 0.3) is 10.7 Å². The molecule has 1 unspecified atom stereocenters. The van der Waals surface area contributed by atoms with Crippen LogP contribution in [-0.4, -0.2) is 39.9 Å². The van der Waals surface area contributed by atoms with Gasteiger partial charge >= 0.3 is 0 Å². The van der Waals surface area contributed by atoms with E-state index in [-0.39, 0.29) is 11.9 Å². The molecule has 20 heavy (non-hydrogen) atoms. The van der Waals surface area contributed by atoms with Crippen LogP contribution in [0.1, 0.15) is 22.5 Å². The number of rotatable bonds is 3. The van der Waals surface area contributed by atoms with Crippen LogP contribution >= 0.6 is 11.3 Å². The van der Waals surface area contributed by atoms with Crippen molar-refractivity contribution >= 4 is 17.2 Å². The highest BCUT2D eigenvalue weighted by molar-refractivity contribution is 7.16. The van der Waals surface area contributed by atoms with Crippen LogP contribution < -0.4 is 5.73 Å². The molecule has 6 heteroatoms. The first kappa shape index (κ1) is 13.2. The zero-order valence-corrected chi connectivity index (χ0v) is 11.8. The maximum Gasteiger partial charge on any atom is 0.265 e. The van der Waals surface area contributed by atoms with E-state index in [9.17, 15) is 4.79 Å². The Morgan fingerprint density at radius 1 is 1.45 bits per heavy atom. The molecule has 2 N–H and O–H groups in total. The predicted octanol–water partition coefficient (Wildman–Crippen LogP) is 1.77. The molecule has 0 saturated carbocycles. The average Bonchev–Trinajstić information content (AvgIpc) is 3.16. The van der Waals surface area contributed by atoms with Crippen molar-refractivity contribution in [2.45, 2.75) is 18.9 Å². The minimum atomic E-state index is 0.0395. The van der Waals surface area contributed by atoms with Gasteiger partial charge in [0, 0.05) is 25.3 Å². The van der Waals surface area contributed by atoms with Gasteiger partial charge in [0.25, 0.3) is 5.91 Å². The van der Waals surface area contributed by atoms with Gasteiger partial charge in [-0.3, -0.25) is 9.78 Å². The maximum absolute atomic E-state index is 12.5. The zero-order chi connectivity index (χ0) is 13.9. The van der Waals surface area contributed by atoms with Crippen molar-refractivity contribution in [3.63, 3.8) is 0 Å². The Kier molecular flexibility index (Phi) is 3.75. The maximum atomic E-state index is 12.5. The summed E-state index contributed by atoms with van der Waals surface area (Å²) in [5.74, 6) is 0.0395. The Morgan fingerprint density at radius 3 is 3.10 bits per heavy atom. The van der Waals surface area contributed by atoms with E-state index in [1.807, 2.05) is 23.1 Å². The Labute approximate surface area is 121 Å². The fourth-order valence-corrected chi connectivity index (χ4v) is 3.32. The summed E-state index contributed by atoms with van der Waals surface area (Å²) >= 11 is 1.39. The molecule has 0 aliphatic carbocycles. The van der Waals surface area contributed by atoms with Crippen LogP contribution in [0.5, 0.6) is 0 Å². The second kappa shape index (κ2) is 5.68. The molecule has 3 heterocycles. The molecular weight excluding hydrogens is 272 g/mol. The SMILES string of the molecule is NCC1CCCN1C(=O)c1cnc(-c2ccccn2)s1. The molecule has 0 aromatic carbocycles. The Bertz CT molecular complexity index is 598. The number of carbonyl (C=O) groups excluding carboxylic acids is 1. The molecule has 1 saturated heterocycles. The number of aromatic nitrogens is 2. The molecule has 104 valence electrons. The molecule has 5 nitrogen and oxygen atoms in total. The molecule has 0 spiro atoms. The van der Waals surface area contributed by atoms with E-state index in [2.05, 4.69) is 9.97 Å². The minimum absolute atomic E-state index is 0.0395. The molecule has 3 rings (SSSR count). The van der Waals surface area contributed by atoms with E-state index in [0.717, 1.165) is 30.1 Å². The third-order valence-corrected chi connectivity index (χ3v) is 4.52. The lowest BCUT2D eigenvalue weighted by atomic mass is 10.2. The van der Waals surface area contributed by atoms with E-state index in [0.29, 0.717) is 11.4 Å². The highest BCUT2D eigenvalue weighted by atomic mass is 32.1. The van der Waals surface area contributed by atoms with Crippen molar-refractivity contribution in [2.75, 3.05) is 13.1 Å². The molecule has 1 aliphatic rings. The smallest absolute Gasteiger partial charge is 0.265 e. The monoisotopic (exact) mass is 288 g/mol. The Hall–Kier alpha value is -1.79. The van der Waals surface area contributed by atoms with Gasteiger partial charge in [-0.05, 0) is 25.0 Å². The van der Waals surface area contributed by atoms with Crippen molar-refractivity contribution in [2.24, 2.45) is 5.73 Å². The second-order valence-electron chi connectivity index (χ2n) is 4.77. The fourth-order valence-electron chi connectivity index (χ4n) is 2.47. The van der Waals surface area contributed by atoms with Gasteiger partial charge in [0.05, 0.1) is 11.9 Å². The number of nitrogens with zero attached hydrogens (tertiary/aromatic N) is 3. The fraction of sp³-hybridized carbons (Fsp3) is 0.357. The van der Waals surface area contributed by atoms with Gasteiger partial charge in [-0.15, -0.1) is 11.3 Å². The second-order valence-corrected chi connectivity index (χ2v) is 5.81. The van der Waals surface area contributed by atoms with Crippen molar-refractivity contribution < 1.29 is 4.79 Å². The van der Waals surface area contributed by atoms with Crippen LogP contribution in [0.4, 0.5) is 0 Å². The van der Waals surface area contributed by atoms with Crippen LogP contribution in [0.15, 0.2) is 30.6 Å². The van der Waals surface area contributed by atoms with Crippen LogP contribution in [0.2, 0.25) is 0 Å². The minimum Gasteiger partial charge on any atom is -0.334 e. The topological polar surface area (TPSA) is 72.1 Å². The number of hydrogen-bond acceptors (Lipinski definition) is 5. The zero-order valence-electron chi connectivity index (χ0n) is 11.0. The van der Waals surface area contributed by atoms with Crippen LogP contribution in [-0.2, 0) is 0 Å². The molecule has 1 amide bonds. The third kappa shape index (κ3) is 2.44. The predicted molar refractivity (Wildman–Crippen MR) is 78.5 cm³/mol. The Morgan fingerprint density at radius 2 is 2.35 bits per heavy atom. The first-order valence-corrected chi connectivity index (χ1v) is 7.49. The first-order chi connectivity index (χ1) is 9.79. The van der Waals surface area contributed by atoms with E-state index in [4.69, 9.17) is 5.73 Å². The summed E-state index contributed by atoms with van der Waals surface area (Å²) in [7, 11) is 0. The van der Waals surface area contributed by atoms with Gasteiger partial charge in [-0.1, -0.05) is 6.07 Å². The van der Waals surface area contributed by atoms with Gasteiger partial charge in [0.15, 0.2) is 0 Å². The number of hydrogen-bond donors (Lipinski definition) is 1. The first-order valence-electron chi connectivity index (χ1n) is 6.68. The van der Waals surface area contributed by atoms with Gasteiger partial charge < -0.3 is 10.6 Å². The van der Waals surface area contributed by atoms with E-state index >= 15 is 0 Å². The summed E-state index contributed by atoms with van der Waals surface area (Å²) in [5.41, 5.74) is 6.52. The lowest BCUT2D eigenvalue weighted by Gasteiger charge is -2.22. The molecule has 2 aromatic rings. The molecular formula is C14H16N4OS. The normalized spacial score (nSPS) is 18.4. The standard InChI is InChI=1S/C14H16N4OS/c15-8-10-4-3-7-18(10)14(19)12-9-17-13(20-12)11-5-1-2-6-16-11/h1-2,5-6,9-10H,3-4,7-8,15H2. The Balaban J connectivity index is 1.82. The molecule has 1 fully saturated rings. The number of likely N-dealkylation sites (tertiary alicyclic amines) is 1. The lowest BCUT2D eigenvalue weighted by Crippen LogP contribution is -2.39. The van der Waals surface area contributed by atoms with Crippen molar-refractivity contribution in [1.29, 1.82) is 0 Å². The van der Waals surface area contributed by atoms with Crippen molar-refractivity contribution in [3.05, 3.63) is 35.5 Å². The van der Waals surface area contributed by atoms with Gasteiger partial charge in [-0.2, -0.15) is 0 Å². The summed E-state index contributed by atoms with van der Waals surface area (Å²) in [5, 5.41) is 0.775. The number of amides is 1. The summed E-state index contributed by atoms with van der Waals surface area (Å²) in [6.07, 6.45) is 5.39. The quantitative estimate of drug-likeness (QED) is 0.934. The summed E-state index contributed by atoms with van der Waals surface area (Å²) in [6.45, 7) is 1.31.